The first-order valence-electron chi connectivity index (χ1n) is 7.41. The first-order chi connectivity index (χ1) is 9.76. The molecule has 1 atom stereocenters. The van der Waals surface area contributed by atoms with Gasteiger partial charge in [0.15, 0.2) is 5.82 Å². The molecule has 5 heteroatoms. The second kappa shape index (κ2) is 7.24. The van der Waals surface area contributed by atoms with Gasteiger partial charge < -0.3 is 14.4 Å². The predicted molar refractivity (Wildman–Crippen MR) is 78.5 cm³/mol. The van der Waals surface area contributed by atoms with E-state index in [0.29, 0.717) is 18.5 Å². The minimum Gasteiger partial charge on any atom is -0.345 e. The second-order valence-electron chi connectivity index (χ2n) is 5.10. The summed E-state index contributed by atoms with van der Waals surface area (Å²) < 4.78 is 7.36. The van der Waals surface area contributed by atoms with Crippen molar-refractivity contribution in [2.75, 3.05) is 7.05 Å². The molecule has 2 aromatic heterocycles. The minimum atomic E-state index is 0.416. The summed E-state index contributed by atoms with van der Waals surface area (Å²) in [6, 6.07) is 2.57. The van der Waals surface area contributed by atoms with E-state index in [0.717, 1.165) is 25.1 Å². The summed E-state index contributed by atoms with van der Waals surface area (Å²) in [5.74, 6) is 1.47. The van der Waals surface area contributed by atoms with Crippen molar-refractivity contribution in [2.24, 2.45) is 0 Å². The molecule has 2 heterocycles. The first kappa shape index (κ1) is 14.8. The number of rotatable bonds is 8. The second-order valence-corrected chi connectivity index (χ2v) is 5.10. The van der Waals surface area contributed by atoms with Crippen molar-refractivity contribution in [3.8, 4) is 0 Å². The Kier molecular flexibility index (Phi) is 5.35. The Morgan fingerprint density at radius 2 is 2.20 bits per heavy atom. The van der Waals surface area contributed by atoms with E-state index in [1.54, 1.807) is 0 Å². The summed E-state index contributed by atoms with van der Waals surface area (Å²) in [5.41, 5.74) is 1.31. The third kappa shape index (κ3) is 3.70. The van der Waals surface area contributed by atoms with Gasteiger partial charge in [0.25, 0.3) is 0 Å². The predicted octanol–water partition coefficient (Wildman–Crippen LogP) is 2.93. The van der Waals surface area contributed by atoms with E-state index in [1.165, 1.54) is 12.0 Å². The van der Waals surface area contributed by atoms with Gasteiger partial charge in [-0.15, -0.1) is 0 Å². The lowest BCUT2D eigenvalue weighted by Crippen LogP contribution is -2.15. The molecular formula is C15H24N4O. The van der Waals surface area contributed by atoms with Crippen LogP contribution in [0.1, 0.15) is 56.4 Å². The summed E-state index contributed by atoms with van der Waals surface area (Å²) in [6.07, 6.45) is 8.44. The number of nitrogens with one attached hydrogen (secondary N) is 1. The van der Waals surface area contributed by atoms with Crippen LogP contribution in [0, 0.1) is 0 Å². The fraction of sp³-hybridized carbons (Fsp3) is 0.600. The van der Waals surface area contributed by atoms with Crippen LogP contribution < -0.4 is 5.32 Å². The summed E-state index contributed by atoms with van der Waals surface area (Å²) in [6.45, 7) is 4.95. The third-order valence-corrected chi connectivity index (χ3v) is 3.40. The lowest BCUT2D eigenvalue weighted by molar-refractivity contribution is 0.366. The van der Waals surface area contributed by atoms with Gasteiger partial charge in [-0.25, -0.2) is 0 Å². The van der Waals surface area contributed by atoms with Crippen LogP contribution in [0.15, 0.2) is 23.0 Å². The summed E-state index contributed by atoms with van der Waals surface area (Å²) in [5, 5.41) is 7.33. The van der Waals surface area contributed by atoms with Crippen LogP contribution in [0.5, 0.6) is 0 Å². The highest BCUT2D eigenvalue weighted by Crippen LogP contribution is 2.18. The Hall–Kier alpha value is -1.62. The maximum absolute atomic E-state index is 5.27. The molecule has 1 unspecified atom stereocenters. The van der Waals surface area contributed by atoms with Crippen LogP contribution in [-0.2, 0) is 13.0 Å². The SMILES string of the molecule is CCCc1noc(Cn2ccc(C(CCC)NC)c2)n1. The Labute approximate surface area is 120 Å². The monoisotopic (exact) mass is 276 g/mol. The van der Waals surface area contributed by atoms with E-state index in [2.05, 4.69) is 52.3 Å². The van der Waals surface area contributed by atoms with Crippen LogP contribution in [0.25, 0.3) is 0 Å². The molecule has 5 nitrogen and oxygen atoms in total. The van der Waals surface area contributed by atoms with Crippen molar-refractivity contribution < 1.29 is 4.52 Å². The molecule has 0 fully saturated rings. The topological polar surface area (TPSA) is 55.9 Å². The zero-order valence-electron chi connectivity index (χ0n) is 12.6. The van der Waals surface area contributed by atoms with Crippen molar-refractivity contribution in [3.05, 3.63) is 35.7 Å². The zero-order valence-corrected chi connectivity index (χ0v) is 12.6. The number of aromatic nitrogens is 3. The molecular weight excluding hydrogens is 252 g/mol. The van der Waals surface area contributed by atoms with Gasteiger partial charge in [0, 0.05) is 24.9 Å². The fourth-order valence-electron chi connectivity index (χ4n) is 2.37. The summed E-state index contributed by atoms with van der Waals surface area (Å²) >= 11 is 0. The van der Waals surface area contributed by atoms with E-state index in [1.807, 2.05) is 7.05 Å². The molecule has 0 radical (unpaired) electrons. The lowest BCUT2D eigenvalue weighted by Gasteiger charge is -2.13. The highest BCUT2D eigenvalue weighted by atomic mass is 16.5. The minimum absolute atomic E-state index is 0.416. The highest BCUT2D eigenvalue weighted by molar-refractivity contribution is 5.15. The van der Waals surface area contributed by atoms with Crippen molar-refractivity contribution in [2.45, 2.75) is 52.1 Å². The van der Waals surface area contributed by atoms with Crippen LogP contribution >= 0.6 is 0 Å². The van der Waals surface area contributed by atoms with E-state index >= 15 is 0 Å². The summed E-state index contributed by atoms with van der Waals surface area (Å²) in [4.78, 5) is 4.39. The average molecular weight is 276 g/mol. The Bertz CT molecular complexity index is 517. The van der Waals surface area contributed by atoms with Crippen molar-refractivity contribution in [1.29, 1.82) is 0 Å². The molecule has 1 N–H and O–H groups in total. The lowest BCUT2D eigenvalue weighted by atomic mass is 10.1. The molecule has 0 amide bonds. The van der Waals surface area contributed by atoms with Crippen LogP contribution in [0.3, 0.4) is 0 Å². The molecule has 2 rings (SSSR count). The smallest absolute Gasteiger partial charge is 0.246 e. The Morgan fingerprint density at radius 1 is 1.35 bits per heavy atom. The maximum atomic E-state index is 5.27. The first-order valence-corrected chi connectivity index (χ1v) is 7.41. The van der Waals surface area contributed by atoms with Gasteiger partial charge in [-0.05, 0) is 31.5 Å². The molecule has 0 spiro atoms. The van der Waals surface area contributed by atoms with Crippen LogP contribution in [-0.4, -0.2) is 21.8 Å². The molecule has 20 heavy (non-hydrogen) atoms. The van der Waals surface area contributed by atoms with E-state index in [-0.39, 0.29) is 0 Å². The van der Waals surface area contributed by atoms with Crippen LogP contribution in [0.4, 0.5) is 0 Å². The average Bonchev–Trinajstić information content (AvgIpc) is 3.07. The molecule has 0 saturated carbocycles. The summed E-state index contributed by atoms with van der Waals surface area (Å²) in [7, 11) is 2.01. The van der Waals surface area contributed by atoms with Crippen molar-refractivity contribution >= 4 is 0 Å². The van der Waals surface area contributed by atoms with E-state index in [4.69, 9.17) is 4.52 Å². The molecule has 2 aromatic rings. The van der Waals surface area contributed by atoms with Gasteiger partial charge in [0.05, 0.1) is 0 Å². The highest BCUT2D eigenvalue weighted by Gasteiger charge is 2.11. The number of nitrogens with zero attached hydrogens (tertiary/aromatic N) is 3. The molecule has 0 aliphatic carbocycles. The quantitative estimate of drug-likeness (QED) is 0.805. The van der Waals surface area contributed by atoms with Gasteiger partial charge >= 0.3 is 0 Å². The van der Waals surface area contributed by atoms with Gasteiger partial charge in [0.1, 0.15) is 6.54 Å². The standard InChI is InChI=1S/C15H24N4O/c1-4-6-13(16-3)12-8-9-19(10-12)11-15-17-14(7-5-2)18-20-15/h8-10,13,16H,4-7,11H2,1-3H3. The van der Waals surface area contributed by atoms with E-state index < -0.39 is 0 Å². The molecule has 110 valence electrons. The largest absolute Gasteiger partial charge is 0.345 e. The molecule has 0 aliphatic rings. The van der Waals surface area contributed by atoms with Gasteiger partial charge in [-0.3, -0.25) is 0 Å². The third-order valence-electron chi connectivity index (χ3n) is 3.40. The molecule has 0 bridgehead atoms. The molecule has 0 aromatic carbocycles. The Balaban J connectivity index is 2.01. The maximum Gasteiger partial charge on any atom is 0.246 e. The molecule has 0 aliphatic heterocycles. The van der Waals surface area contributed by atoms with Crippen molar-refractivity contribution in [1.82, 2.24) is 20.0 Å². The van der Waals surface area contributed by atoms with E-state index in [9.17, 15) is 0 Å². The van der Waals surface area contributed by atoms with Gasteiger partial charge in [-0.1, -0.05) is 25.4 Å². The zero-order chi connectivity index (χ0) is 14.4. The van der Waals surface area contributed by atoms with Crippen molar-refractivity contribution in [3.63, 3.8) is 0 Å². The normalized spacial score (nSPS) is 12.8. The van der Waals surface area contributed by atoms with Gasteiger partial charge in [0.2, 0.25) is 5.89 Å². The number of hydrogen-bond donors (Lipinski definition) is 1. The number of hydrogen-bond acceptors (Lipinski definition) is 4. The fourth-order valence-corrected chi connectivity index (χ4v) is 2.37. The molecule has 0 saturated heterocycles. The van der Waals surface area contributed by atoms with Gasteiger partial charge in [-0.2, -0.15) is 4.98 Å². The van der Waals surface area contributed by atoms with Crippen LogP contribution in [0.2, 0.25) is 0 Å². The Morgan fingerprint density at radius 3 is 2.90 bits per heavy atom. The number of aryl methyl sites for hydroxylation is 1.